The zero-order valence-electron chi connectivity index (χ0n) is 14.5. The lowest BCUT2D eigenvalue weighted by atomic mass is 9.83. The van der Waals surface area contributed by atoms with E-state index in [4.69, 9.17) is 0 Å². The number of allylic oxidation sites excluding steroid dienone is 1. The predicted molar refractivity (Wildman–Crippen MR) is 90.6 cm³/mol. The van der Waals surface area contributed by atoms with E-state index in [1.165, 1.54) is 12.2 Å². The summed E-state index contributed by atoms with van der Waals surface area (Å²) in [6.07, 6.45) is 6.76. The van der Waals surface area contributed by atoms with E-state index in [1.54, 1.807) is 0 Å². The van der Waals surface area contributed by atoms with Crippen molar-refractivity contribution in [2.24, 2.45) is 0 Å². The number of halogens is 2. The van der Waals surface area contributed by atoms with Crippen LogP contribution in [-0.4, -0.2) is 35.5 Å². The third kappa shape index (κ3) is 5.58. The molecule has 0 spiro atoms. The van der Waals surface area contributed by atoms with Crippen molar-refractivity contribution in [3.63, 3.8) is 0 Å². The van der Waals surface area contributed by atoms with Gasteiger partial charge in [0, 0.05) is 19.3 Å². The maximum absolute atomic E-state index is 13.8. The molecule has 0 amide bonds. The minimum absolute atomic E-state index is 0.0538. The molecule has 2 aliphatic carbocycles. The Morgan fingerprint density at radius 2 is 1.60 bits per heavy atom. The summed E-state index contributed by atoms with van der Waals surface area (Å²) in [6, 6.07) is 0. The van der Waals surface area contributed by atoms with E-state index < -0.39 is 23.1 Å². The Morgan fingerprint density at radius 3 is 2.12 bits per heavy atom. The minimum Gasteiger partial charge on any atom is -0.459 e. The normalized spacial score (nSPS) is 29.2. The van der Waals surface area contributed by atoms with Crippen LogP contribution < -0.4 is 0 Å². The fourth-order valence-corrected chi connectivity index (χ4v) is 2.96. The molecule has 2 atom stereocenters. The molecule has 0 aliphatic heterocycles. The topological polar surface area (TPSA) is 60.4 Å². The lowest BCUT2D eigenvalue weighted by Crippen LogP contribution is -2.45. The zero-order valence-corrected chi connectivity index (χ0v) is 14.5. The first-order valence-electron chi connectivity index (χ1n) is 8.63. The van der Waals surface area contributed by atoms with Crippen LogP contribution in [0.5, 0.6) is 0 Å². The number of Topliss-reactive ketones (excluding diaryl/α,β-unsaturated/α-hetero) is 2. The van der Waals surface area contributed by atoms with Crippen LogP contribution in [0.25, 0.3) is 0 Å². The van der Waals surface area contributed by atoms with E-state index in [-0.39, 0.29) is 31.7 Å². The van der Waals surface area contributed by atoms with Gasteiger partial charge in [0.2, 0.25) is 0 Å². The number of hydrogen-bond acceptors (Lipinski definition) is 4. The molecule has 4 nitrogen and oxygen atoms in total. The summed E-state index contributed by atoms with van der Waals surface area (Å²) in [7, 11) is 0. The van der Waals surface area contributed by atoms with E-state index in [0.29, 0.717) is 25.7 Å². The Hall–Kier alpha value is -1.85. The molecule has 2 saturated carbocycles. The quantitative estimate of drug-likeness (QED) is 0.425. The molecule has 6 heteroatoms. The van der Waals surface area contributed by atoms with Gasteiger partial charge in [0.15, 0.2) is 17.2 Å². The van der Waals surface area contributed by atoms with Crippen LogP contribution in [0.15, 0.2) is 25.3 Å². The molecule has 0 heterocycles. The van der Waals surface area contributed by atoms with E-state index >= 15 is 0 Å². The average Bonchev–Trinajstić information content (AvgIpc) is 2.59. The van der Waals surface area contributed by atoms with Gasteiger partial charge in [0.05, 0.1) is 0 Å². The molecule has 0 aromatic carbocycles. The molecule has 0 saturated heterocycles. The summed E-state index contributed by atoms with van der Waals surface area (Å²) in [5, 5.41) is 0. The molecule has 0 aromatic rings. The number of esters is 1. The second-order valence-corrected chi connectivity index (χ2v) is 6.41. The molecule has 2 fully saturated rings. The number of ketones is 2. The van der Waals surface area contributed by atoms with Crippen molar-refractivity contribution < 1.29 is 27.9 Å². The largest absolute Gasteiger partial charge is 0.459 e. The number of carbonyl (C=O) groups excluding carboxylic acids is 3. The Kier molecular flexibility index (Phi) is 8.13. The van der Waals surface area contributed by atoms with E-state index in [1.807, 2.05) is 0 Å². The number of ether oxygens (including phenoxy) is 1. The van der Waals surface area contributed by atoms with Gasteiger partial charge in [-0.25, -0.2) is 13.6 Å². The molecule has 0 aromatic heterocycles. The summed E-state index contributed by atoms with van der Waals surface area (Å²) in [5.41, 5.74) is -3.97. The fourth-order valence-electron chi connectivity index (χ4n) is 2.96. The van der Waals surface area contributed by atoms with E-state index in [0.717, 1.165) is 12.8 Å². The Morgan fingerprint density at radius 1 is 1.00 bits per heavy atom. The molecule has 2 rings (SSSR count). The highest BCUT2D eigenvalue weighted by atomic mass is 19.1. The Balaban J connectivity index is 0.000000257. The van der Waals surface area contributed by atoms with Crippen LogP contribution in [-0.2, 0) is 19.1 Å². The van der Waals surface area contributed by atoms with Gasteiger partial charge < -0.3 is 4.74 Å². The summed E-state index contributed by atoms with van der Waals surface area (Å²) in [4.78, 5) is 33.5. The Labute approximate surface area is 147 Å². The monoisotopic (exact) mass is 356 g/mol. The maximum atomic E-state index is 13.8. The van der Waals surface area contributed by atoms with Gasteiger partial charge in [0.25, 0.3) is 5.67 Å². The highest BCUT2D eigenvalue weighted by Gasteiger charge is 2.48. The molecule has 0 N–H and O–H groups in total. The first-order chi connectivity index (χ1) is 11.8. The SMILES string of the molecule is C=CCOC(=O)C1(F)CCCCC1=O.C=CC[C@]1(F)CCCCC1=O. The summed E-state index contributed by atoms with van der Waals surface area (Å²) >= 11 is 0. The fraction of sp³-hybridized carbons (Fsp3) is 0.632. The molecule has 0 radical (unpaired) electrons. The van der Waals surface area contributed by atoms with Crippen molar-refractivity contribution in [2.45, 2.75) is 69.1 Å². The van der Waals surface area contributed by atoms with Crippen LogP contribution in [0, 0.1) is 0 Å². The van der Waals surface area contributed by atoms with Gasteiger partial charge in [0.1, 0.15) is 6.61 Å². The standard InChI is InChI=1S/C10H13FO3.C9H13FO/c1-2-7-14-9(13)10(11)6-4-3-5-8(10)12;1-2-6-9(10)7-4-3-5-8(9)11/h2H,1,3-7H2;2H,1,3-7H2/t;9-/m.0/s1. The van der Waals surface area contributed by atoms with E-state index in [9.17, 15) is 23.2 Å². The molecular formula is C19H26F2O4. The lowest BCUT2D eigenvalue weighted by molar-refractivity contribution is -0.163. The van der Waals surface area contributed by atoms with Crippen molar-refractivity contribution in [1.29, 1.82) is 0 Å². The third-order valence-electron chi connectivity index (χ3n) is 4.47. The van der Waals surface area contributed by atoms with Crippen LogP contribution in [0.3, 0.4) is 0 Å². The highest BCUT2D eigenvalue weighted by molar-refractivity contribution is 6.07. The molecule has 140 valence electrons. The third-order valence-corrected chi connectivity index (χ3v) is 4.47. The predicted octanol–water partition coefficient (Wildman–Crippen LogP) is 3.98. The van der Waals surface area contributed by atoms with Crippen molar-refractivity contribution in [2.75, 3.05) is 6.61 Å². The van der Waals surface area contributed by atoms with Gasteiger partial charge in [-0.1, -0.05) is 18.7 Å². The van der Waals surface area contributed by atoms with E-state index in [2.05, 4.69) is 17.9 Å². The van der Waals surface area contributed by atoms with Crippen LogP contribution >= 0.6 is 0 Å². The van der Waals surface area contributed by atoms with Gasteiger partial charge in [-0.15, -0.1) is 6.58 Å². The summed E-state index contributed by atoms with van der Waals surface area (Å²) in [6.45, 7) is 6.72. The molecule has 0 bridgehead atoms. The number of alkyl halides is 2. The van der Waals surface area contributed by atoms with Crippen molar-refractivity contribution in [3.8, 4) is 0 Å². The zero-order chi connectivity index (χ0) is 18.9. The number of hydrogen-bond donors (Lipinski definition) is 0. The summed E-state index contributed by atoms with van der Waals surface area (Å²) in [5.74, 6) is -1.96. The smallest absolute Gasteiger partial charge is 0.352 e. The van der Waals surface area contributed by atoms with Crippen LogP contribution in [0.2, 0.25) is 0 Å². The first-order valence-corrected chi connectivity index (χ1v) is 8.63. The summed E-state index contributed by atoms with van der Waals surface area (Å²) < 4.78 is 31.9. The minimum atomic E-state index is -2.40. The van der Waals surface area contributed by atoms with Gasteiger partial charge in [-0.2, -0.15) is 0 Å². The van der Waals surface area contributed by atoms with Gasteiger partial charge in [-0.05, 0) is 38.5 Å². The average molecular weight is 356 g/mol. The molecule has 1 unspecified atom stereocenters. The molecule has 25 heavy (non-hydrogen) atoms. The second kappa shape index (κ2) is 9.59. The molecular weight excluding hydrogens is 330 g/mol. The van der Waals surface area contributed by atoms with Crippen molar-refractivity contribution >= 4 is 17.5 Å². The van der Waals surface area contributed by atoms with Crippen molar-refractivity contribution in [3.05, 3.63) is 25.3 Å². The Bertz CT molecular complexity index is 532. The first kappa shape index (κ1) is 21.2. The number of rotatable bonds is 5. The second-order valence-electron chi connectivity index (χ2n) is 6.41. The number of carbonyl (C=O) groups is 3. The van der Waals surface area contributed by atoms with Crippen LogP contribution in [0.4, 0.5) is 8.78 Å². The lowest BCUT2D eigenvalue weighted by Gasteiger charge is -2.26. The maximum Gasteiger partial charge on any atom is 0.352 e. The van der Waals surface area contributed by atoms with Crippen molar-refractivity contribution in [1.82, 2.24) is 0 Å². The molecule has 2 aliphatic rings. The van der Waals surface area contributed by atoms with Gasteiger partial charge in [-0.3, -0.25) is 9.59 Å². The van der Waals surface area contributed by atoms with Crippen LogP contribution in [0.1, 0.15) is 57.8 Å². The van der Waals surface area contributed by atoms with Gasteiger partial charge >= 0.3 is 5.97 Å². The highest BCUT2D eigenvalue weighted by Crippen LogP contribution is 2.32.